The van der Waals surface area contributed by atoms with Crippen LogP contribution in [0.3, 0.4) is 0 Å². The van der Waals surface area contributed by atoms with Gasteiger partial charge in [0.1, 0.15) is 0 Å². The van der Waals surface area contributed by atoms with E-state index in [1.54, 1.807) is 11.3 Å². The molecular formula is C11H19BrN2OS. The second-order valence-corrected chi connectivity index (χ2v) is 6.36. The van der Waals surface area contributed by atoms with E-state index in [9.17, 15) is 0 Å². The summed E-state index contributed by atoms with van der Waals surface area (Å²) in [6.07, 6.45) is 1.80. The van der Waals surface area contributed by atoms with Crippen molar-refractivity contribution in [2.45, 2.75) is 31.8 Å². The number of halogens is 1. The topological polar surface area (TPSA) is 58.3 Å². The first-order chi connectivity index (χ1) is 7.67. The number of thiophene rings is 1. The van der Waals surface area contributed by atoms with Gasteiger partial charge in [0.25, 0.3) is 0 Å². The lowest BCUT2D eigenvalue weighted by molar-refractivity contribution is 0.274. The molecule has 0 amide bonds. The molecule has 0 spiro atoms. The molecule has 0 aliphatic rings. The van der Waals surface area contributed by atoms with Gasteiger partial charge in [0, 0.05) is 24.1 Å². The zero-order chi connectivity index (χ0) is 12.0. The number of hydrogen-bond donors (Lipinski definition) is 3. The average molecular weight is 307 g/mol. The molecule has 0 aromatic carbocycles. The van der Waals surface area contributed by atoms with Crippen molar-refractivity contribution >= 4 is 27.3 Å². The van der Waals surface area contributed by atoms with Crippen LogP contribution in [0.5, 0.6) is 0 Å². The third-order valence-corrected chi connectivity index (χ3v) is 4.19. The van der Waals surface area contributed by atoms with Crippen molar-refractivity contribution < 1.29 is 5.11 Å². The SMILES string of the molecule is CC(CCCO)NC(CN)c1ccc(Br)s1. The van der Waals surface area contributed by atoms with Crippen molar-refractivity contribution in [3.05, 3.63) is 20.8 Å². The number of nitrogens with one attached hydrogen (secondary N) is 1. The predicted octanol–water partition coefficient (Wildman–Crippen LogP) is 2.26. The monoisotopic (exact) mass is 306 g/mol. The Morgan fingerprint density at radius 3 is 2.81 bits per heavy atom. The number of rotatable bonds is 7. The van der Waals surface area contributed by atoms with Crippen molar-refractivity contribution in [1.82, 2.24) is 5.32 Å². The Morgan fingerprint density at radius 1 is 1.56 bits per heavy atom. The summed E-state index contributed by atoms with van der Waals surface area (Å²) < 4.78 is 1.13. The molecular weight excluding hydrogens is 288 g/mol. The fraction of sp³-hybridized carbons (Fsp3) is 0.636. The van der Waals surface area contributed by atoms with E-state index >= 15 is 0 Å². The van der Waals surface area contributed by atoms with E-state index in [0.29, 0.717) is 12.6 Å². The molecule has 0 aliphatic carbocycles. The Bertz CT molecular complexity index is 306. The van der Waals surface area contributed by atoms with Crippen LogP contribution in [-0.4, -0.2) is 24.3 Å². The van der Waals surface area contributed by atoms with Gasteiger partial charge in [-0.3, -0.25) is 0 Å². The van der Waals surface area contributed by atoms with Crippen LogP contribution in [0, 0.1) is 0 Å². The molecule has 92 valence electrons. The van der Waals surface area contributed by atoms with Crippen molar-refractivity contribution in [2.75, 3.05) is 13.2 Å². The van der Waals surface area contributed by atoms with Gasteiger partial charge >= 0.3 is 0 Å². The fourth-order valence-corrected chi connectivity index (χ4v) is 3.10. The largest absolute Gasteiger partial charge is 0.396 e. The molecule has 2 atom stereocenters. The molecule has 0 saturated heterocycles. The molecule has 2 unspecified atom stereocenters. The Balaban J connectivity index is 2.48. The molecule has 1 aromatic heterocycles. The van der Waals surface area contributed by atoms with Crippen LogP contribution in [0.1, 0.15) is 30.7 Å². The van der Waals surface area contributed by atoms with Gasteiger partial charge < -0.3 is 16.2 Å². The zero-order valence-electron chi connectivity index (χ0n) is 9.45. The predicted molar refractivity (Wildman–Crippen MR) is 72.7 cm³/mol. The lowest BCUT2D eigenvalue weighted by atomic mass is 10.1. The molecule has 3 nitrogen and oxygen atoms in total. The first-order valence-electron chi connectivity index (χ1n) is 5.49. The number of hydrogen-bond acceptors (Lipinski definition) is 4. The molecule has 0 aliphatic heterocycles. The molecule has 1 aromatic rings. The molecule has 0 fully saturated rings. The standard InChI is InChI=1S/C11H19BrN2OS/c1-8(3-2-6-15)14-9(7-13)10-4-5-11(12)16-10/h4-5,8-9,14-15H,2-3,6-7,13H2,1H3. The van der Waals surface area contributed by atoms with Crippen molar-refractivity contribution in [1.29, 1.82) is 0 Å². The summed E-state index contributed by atoms with van der Waals surface area (Å²) in [5, 5.41) is 12.3. The van der Waals surface area contributed by atoms with Crippen LogP contribution in [0.15, 0.2) is 15.9 Å². The first-order valence-corrected chi connectivity index (χ1v) is 7.10. The lowest BCUT2D eigenvalue weighted by Gasteiger charge is -2.21. The van der Waals surface area contributed by atoms with E-state index in [1.165, 1.54) is 4.88 Å². The Hall–Kier alpha value is 0.0600. The van der Waals surface area contributed by atoms with E-state index in [1.807, 2.05) is 6.07 Å². The zero-order valence-corrected chi connectivity index (χ0v) is 11.9. The molecule has 4 N–H and O–H groups in total. The van der Waals surface area contributed by atoms with Gasteiger partial charge in [-0.25, -0.2) is 0 Å². The van der Waals surface area contributed by atoms with E-state index in [-0.39, 0.29) is 12.6 Å². The highest BCUT2D eigenvalue weighted by Gasteiger charge is 2.14. The maximum atomic E-state index is 8.77. The minimum absolute atomic E-state index is 0.213. The van der Waals surface area contributed by atoms with Gasteiger partial charge in [-0.2, -0.15) is 0 Å². The molecule has 0 saturated carbocycles. The van der Waals surface area contributed by atoms with Crippen LogP contribution in [0.25, 0.3) is 0 Å². The van der Waals surface area contributed by atoms with Crippen molar-refractivity contribution in [3.63, 3.8) is 0 Å². The minimum atomic E-state index is 0.213. The summed E-state index contributed by atoms with van der Waals surface area (Å²) in [6, 6.07) is 4.73. The summed E-state index contributed by atoms with van der Waals surface area (Å²) in [6.45, 7) is 2.97. The fourth-order valence-electron chi connectivity index (χ4n) is 1.61. The quantitative estimate of drug-likeness (QED) is 0.724. The number of aliphatic hydroxyl groups is 1. The Kier molecular flexibility index (Phi) is 6.53. The van der Waals surface area contributed by atoms with Gasteiger partial charge in [0.05, 0.1) is 9.83 Å². The lowest BCUT2D eigenvalue weighted by Crippen LogP contribution is -2.34. The van der Waals surface area contributed by atoms with E-state index in [4.69, 9.17) is 10.8 Å². The molecule has 1 heterocycles. The van der Waals surface area contributed by atoms with Crippen LogP contribution in [0.2, 0.25) is 0 Å². The normalized spacial score (nSPS) is 15.0. The van der Waals surface area contributed by atoms with Crippen molar-refractivity contribution in [3.8, 4) is 0 Å². The highest BCUT2D eigenvalue weighted by molar-refractivity contribution is 9.11. The highest BCUT2D eigenvalue weighted by atomic mass is 79.9. The number of aliphatic hydroxyl groups excluding tert-OH is 1. The van der Waals surface area contributed by atoms with Gasteiger partial charge in [-0.15, -0.1) is 11.3 Å². The summed E-state index contributed by atoms with van der Waals surface area (Å²) >= 11 is 5.17. The Morgan fingerprint density at radius 2 is 2.31 bits per heavy atom. The van der Waals surface area contributed by atoms with Crippen LogP contribution in [0.4, 0.5) is 0 Å². The van der Waals surface area contributed by atoms with E-state index in [2.05, 4.69) is 34.2 Å². The van der Waals surface area contributed by atoms with E-state index in [0.717, 1.165) is 16.6 Å². The minimum Gasteiger partial charge on any atom is -0.396 e. The molecule has 0 bridgehead atoms. The van der Waals surface area contributed by atoms with Gasteiger partial charge in [0.2, 0.25) is 0 Å². The maximum absolute atomic E-state index is 8.77. The smallest absolute Gasteiger partial charge is 0.0702 e. The molecule has 16 heavy (non-hydrogen) atoms. The van der Waals surface area contributed by atoms with Crippen LogP contribution >= 0.6 is 27.3 Å². The molecule has 1 rings (SSSR count). The maximum Gasteiger partial charge on any atom is 0.0702 e. The van der Waals surface area contributed by atoms with Crippen LogP contribution < -0.4 is 11.1 Å². The summed E-state index contributed by atoms with van der Waals surface area (Å²) in [4.78, 5) is 1.25. The Labute approximate surface area is 109 Å². The van der Waals surface area contributed by atoms with E-state index < -0.39 is 0 Å². The second kappa shape index (κ2) is 7.40. The van der Waals surface area contributed by atoms with Crippen LogP contribution in [-0.2, 0) is 0 Å². The summed E-state index contributed by atoms with van der Waals surface area (Å²) in [7, 11) is 0. The summed E-state index contributed by atoms with van der Waals surface area (Å²) in [5.74, 6) is 0. The second-order valence-electron chi connectivity index (χ2n) is 3.86. The third-order valence-electron chi connectivity index (χ3n) is 2.45. The molecule has 0 radical (unpaired) electrons. The first kappa shape index (κ1) is 14.1. The third kappa shape index (κ3) is 4.51. The highest BCUT2D eigenvalue weighted by Crippen LogP contribution is 2.27. The van der Waals surface area contributed by atoms with Crippen molar-refractivity contribution in [2.24, 2.45) is 5.73 Å². The van der Waals surface area contributed by atoms with Gasteiger partial charge in [-0.1, -0.05) is 0 Å². The van der Waals surface area contributed by atoms with Gasteiger partial charge in [0.15, 0.2) is 0 Å². The molecule has 5 heteroatoms. The summed E-state index contributed by atoms with van der Waals surface area (Å²) in [5.41, 5.74) is 5.77. The van der Waals surface area contributed by atoms with Gasteiger partial charge in [-0.05, 0) is 47.8 Å². The average Bonchev–Trinajstić information content (AvgIpc) is 2.69. The number of nitrogens with two attached hydrogens (primary N) is 1.